The van der Waals surface area contributed by atoms with Crippen molar-refractivity contribution in [2.75, 3.05) is 4.90 Å². The van der Waals surface area contributed by atoms with Gasteiger partial charge < -0.3 is 4.90 Å². The smallest absolute Gasteiger partial charge is 0.0547 e. The van der Waals surface area contributed by atoms with E-state index in [4.69, 9.17) is 0 Å². The van der Waals surface area contributed by atoms with Gasteiger partial charge in [-0.1, -0.05) is 206 Å². The van der Waals surface area contributed by atoms with Crippen LogP contribution in [-0.4, -0.2) is 0 Å². The van der Waals surface area contributed by atoms with Crippen LogP contribution in [0.5, 0.6) is 0 Å². The van der Waals surface area contributed by atoms with Gasteiger partial charge in [0.05, 0.1) is 17.1 Å². The van der Waals surface area contributed by atoms with Crippen LogP contribution in [0.4, 0.5) is 17.1 Å². The second-order valence-electron chi connectivity index (χ2n) is 15.9. The molecule has 0 N–H and O–H groups in total. The van der Waals surface area contributed by atoms with Crippen molar-refractivity contribution in [3.05, 3.63) is 237 Å². The van der Waals surface area contributed by atoms with Crippen LogP contribution in [0.15, 0.2) is 237 Å². The lowest BCUT2D eigenvalue weighted by molar-refractivity contribution is 1.29. The predicted molar refractivity (Wildman–Crippen MR) is 274 cm³/mol. The van der Waals surface area contributed by atoms with E-state index < -0.39 is 0 Å². The molecule has 0 amide bonds. The molecule has 0 atom stereocenters. The summed E-state index contributed by atoms with van der Waals surface area (Å²) < 4.78 is 5.18. The van der Waals surface area contributed by atoms with Crippen molar-refractivity contribution in [2.24, 2.45) is 0 Å². The molecule has 0 aliphatic rings. The van der Waals surface area contributed by atoms with Crippen molar-refractivity contribution >= 4 is 80.1 Å². The third-order valence-corrected chi connectivity index (χ3v) is 14.8. The molecule has 10 aromatic carbocycles. The highest BCUT2D eigenvalue weighted by Gasteiger charge is 2.27. The van der Waals surface area contributed by atoms with Gasteiger partial charge in [-0.15, -0.1) is 22.7 Å². The molecule has 0 aliphatic carbocycles. The molecule has 3 heteroatoms. The van der Waals surface area contributed by atoms with E-state index in [1.807, 2.05) is 22.7 Å². The van der Waals surface area contributed by atoms with Gasteiger partial charge in [-0.05, 0) is 58.1 Å². The fourth-order valence-corrected chi connectivity index (χ4v) is 12.0. The summed E-state index contributed by atoms with van der Waals surface area (Å²) in [6.45, 7) is 0. The van der Waals surface area contributed by atoms with Crippen LogP contribution in [0.25, 0.3) is 96.0 Å². The van der Waals surface area contributed by atoms with Crippen LogP contribution in [0, 0.1) is 0 Å². The highest BCUT2D eigenvalue weighted by Crippen LogP contribution is 2.53. The van der Waals surface area contributed by atoms with Crippen molar-refractivity contribution in [1.82, 2.24) is 0 Å². The minimum atomic E-state index is 1.10. The van der Waals surface area contributed by atoms with Gasteiger partial charge in [0.1, 0.15) is 0 Å². The molecule has 0 spiro atoms. The molecule has 0 saturated carbocycles. The first-order valence-corrected chi connectivity index (χ1v) is 23.1. The lowest BCUT2D eigenvalue weighted by Crippen LogP contribution is -2.14. The zero-order valence-electron chi connectivity index (χ0n) is 34.3. The number of hydrogen-bond donors (Lipinski definition) is 0. The SMILES string of the molecule is c1ccc(-c2ccccc2-c2c(-c3ccccc3)cccc2N(c2ccccc2-c2cccc3c2sc2ccccc23)c2ccccc2-c2cccc3c2sc2ccccc23)cc1. The van der Waals surface area contributed by atoms with Gasteiger partial charge >= 0.3 is 0 Å². The molecule has 2 heterocycles. The molecule has 296 valence electrons. The van der Waals surface area contributed by atoms with Gasteiger partial charge in [0.2, 0.25) is 0 Å². The third kappa shape index (κ3) is 6.36. The summed E-state index contributed by atoms with van der Waals surface area (Å²) in [7, 11) is 0. The average Bonchev–Trinajstić information content (AvgIpc) is 3.94. The number of rotatable bonds is 8. The predicted octanol–water partition coefficient (Wildman–Crippen LogP) is 18.2. The number of para-hydroxylation sites is 2. The molecule has 1 nitrogen and oxygen atoms in total. The maximum Gasteiger partial charge on any atom is 0.0547 e. The zero-order valence-corrected chi connectivity index (χ0v) is 35.9. The van der Waals surface area contributed by atoms with Crippen LogP contribution in [-0.2, 0) is 0 Å². The molecule has 0 fully saturated rings. The van der Waals surface area contributed by atoms with Crippen LogP contribution in [0.3, 0.4) is 0 Å². The largest absolute Gasteiger partial charge is 0.309 e. The van der Waals surface area contributed by atoms with E-state index in [-0.39, 0.29) is 0 Å². The molecule has 12 rings (SSSR count). The number of hydrogen-bond acceptors (Lipinski definition) is 3. The first-order chi connectivity index (χ1) is 31.3. The molecular weight excluding hydrogens is 799 g/mol. The number of benzene rings is 10. The average molecular weight is 838 g/mol. The normalized spacial score (nSPS) is 11.5. The summed E-state index contributed by atoms with van der Waals surface area (Å²) in [6.07, 6.45) is 0. The lowest BCUT2D eigenvalue weighted by Gasteiger charge is -2.33. The summed E-state index contributed by atoms with van der Waals surface area (Å²) in [5.74, 6) is 0. The van der Waals surface area contributed by atoms with Gasteiger partial charge in [0.25, 0.3) is 0 Å². The molecule has 0 aliphatic heterocycles. The minimum absolute atomic E-state index is 1.10. The molecular formula is C60H39NS2. The van der Waals surface area contributed by atoms with E-state index in [1.54, 1.807) is 0 Å². The monoisotopic (exact) mass is 837 g/mol. The maximum atomic E-state index is 2.56. The Morgan fingerprint density at radius 3 is 1.16 bits per heavy atom. The Hall–Kier alpha value is -7.56. The number of nitrogens with zero attached hydrogens (tertiary/aromatic N) is 1. The van der Waals surface area contributed by atoms with Crippen LogP contribution in [0.2, 0.25) is 0 Å². The first-order valence-electron chi connectivity index (χ1n) is 21.4. The van der Waals surface area contributed by atoms with Crippen molar-refractivity contribution in [2.45, 2.75) is 0 Å². The standard InChI is InChI=1S/C60H39NS2/c1-3-20-40(21-4-1)42-24-7-8-29-48(42)58-43(41-22-5-2-6-23-41)30-19-37-55(58)61(53-35-13-9-25-44(53)49-31-17-33-51-46-27-11-15-38-56(46)62-59(49)51)54-36-14-10-26-45(54)50-32-18-34-52-47-28-12-16-39-57(47)63-60(50)52/h1-39H. The molecule has 63 heavy (non-hydrogen) atoms. The van der Waals surface area contributed by atoms with Crippen molar-refractivity contribution in [1.29, 1.82) is 0 Å². The van der Waals surface area contributed by atoms with E-state index in [0.717, 1.165) is 17.1 Å². The Bertz CT molecular complexity index is 3480. The molecule has 0 bridgehead atoms. The Morgan fingerprint density at radius 2 is 0.603 bits per heavy atom. The highest BCUT2D eigenvalue weighted by atomic mass is 32.1. The summed E-state index contributed by atoms with van der Waals surface area (Å²) in [5, 5.41) is 5.17. The maximum absolute atomic E-state index is 2.56. The second-order valence-corrected chi connectivity index (χ2v) is 18.0. The molecule has 0 radical (unpaired) electrons. The van der Waals surface area contributed by atoms with E-state index >= 15 is 0 Å². The summed E-state index contributed by atoms with van der Waals surface area (Å²) in [6, 6.07) is 86.8. The Labute approximate surface area is 375 Å². The fourth-order valence-electron chi connectivity index (χ4n) is 9.54. The van der Waals surface area contributed by atoms with E-state index in [9.17, 15) is 0 Å². The van der Waals surface area contributed by atoms with Gasteiger partial charge in [-0.25, -0.2) is 0 Å². The molecule has 0 saturated heterocycles. The number of anilines is 3. The van der Waals surface area contributed by atoms with Crippen molar-refractivity contribution in [3.63, 3.8) is 0 Å². The van der Waals surface area contributed by atoms with Gasteiger partial charge in [0, 0.05) is 68.2 Å². The number of fused-ring (bicyclic) bond motifs is 6. The van der Waals surface area contributed by atoms with E-state index in [0.29, 0.717) is 0 Å². The Balaban J connectivity index is 1.20. The van der Waals surface area contributed by atoms with Crippen LogP contribution in [0.1, 0.15) is 0 Å². The molecule has 12 aromatic rings. The fraction of sp³-hybridized carbons (Fsp3) is 0. The highest BCUT2D eigenvalue weighted by molar-refractivity contribution is 7.26. The second kappa shape index (κ2) is 15.7. The Morgan fingerprint density at radius 1 is 0.238 bits per heavy atom. The summed E-state index contributed by atoms with van der Waals surface area (Å²) in [5.41, 5.74) is 15.2. The minimum Gasteiger partial charge on any atom is -0.309 e. The van der Waals surface area contributed by atoms with Crippen LogP contribution >= 0.6 is 22.7 Å². The zero-order chi connectivity index (χ0) is 41.7. The number of thiophene rings is 2. The topological polar surface area (TPSA) is 3.24 Å². The summed E-state index contributed by atoms with van der Waals surface area (Å²) in [4.78, 5) is 2.56. The third-order valence-electron chi connectivity index (χ3n) is 12.3. The van der Waals surface area contributed by atoms with Crippen LogP contribution < -0.4 is 4.90 Å². The van der Waals surface area contributed by atoms with Crippen molar-refractivity contribution in [3.8, 4) is 55.6 Å². The van der Waals surface area contributed by atoms with Gasteiger partial charge in [-0.3, -0.25) is 0 Å². The van der Waals surface area contributed by atoms with Gasteiger partial charge in [0.15, 0.2) is 0 Å². The lowest BCUT2D eigenvalue weighted by atomic mass is 9.87. The summed E-state index contributed by atoms with van der Waals surface area (Å²) >= 11 is 3.76. The Kier molecular flexibility index (Phi) is 9.29. The quantitative estimate of drug-likeness (QED) is 0.147. The van der Waals surface area contributed by atoms with E-state index in [1.165, 1.54) is 96.0 Å². The molecule has 0 unspecified atom stereocenters. The van der Waals surface area contributed by atoms with Crippen molar-refractivity contribution < 1.29 is 0 Å². The first kappa shape index (κ1) is 37.2. The van der Waals surface area contributed by atoms with E-state index in [2.05, 4.69) is 241 Å². The van der Waals surface area contributed by atoms with Gasteiger partial charge in [-0.2, -0.15) is 0 Å². The molecule has 2 aromatic heterocycles.